The largest absolute Gasteiger partial charge is 0.417 e. The highest BCUT2D eigenvalue weighted by molar-refractivity contribution is 5.97. The zero-order valence-electron chi connectivity index (χ0n) is 19.0. The van der Waals surface area contributed by atoms with Crippen molar-refractivity contribution in [3.63, 3.8) is 0 Å². The van der Waals surface area contributed by atoms with Crippen LogP contribution in [0, 0.1) is 6.92 Å². The molecule has 184 valence electrons. The van der Waals surface area contributed by atoms with Crippen LogP contribution in [0.4, 0.5) is 32.0 Å². The van der Waals surface area contributed by atoms with Gasteiger partial charge in [0.25, 0.3) is 5.91 Å². The van der Waals surface area contributed by atoms with Crippen LogP contribution < -0.4 is 0 Å². The van der Waals surface area contributed by atoms with Crippen molar-refractivity contribution in [2.75, 3.05) is 13.6 Å². The lowest BCUT2D eigenvalue weighted by molar-refractivity contribution is -0.138. The van der Waals surface area contributed by atoms with E-state index in [0.717, 1.165) is 24.3 Å². The number of nitrogens with zero attached hydrogens (tertiary/aromatic N) is 3. The number of alkyl halides is 6. The van der Waals surface area contributed by atoms with Crippen LogP contribution in [0.15, 0.2) is 41.4 Å². The highest BCUT2D eigenvalue weighted by atomic mass is 19.4. The second-order valence-corrected chi connectivity index (χ2v) is 8.36. The van der Waals surface area contributed by atoms with Gasteiger partial charge in [0.1, 0.15) is 0 Å². The standard InChI is InChI=1S/C24H25F6N3O/c1-4-32(3)14-31-21-12-20(24(28,29)30)19(10-15(21)2)22(34)33(18-8-9-18)13-16-6-5-7-17(11-16)23(25,26)27/h5-7,10-12,14,18H,4,8-9,13H2,1-3H3. The zero-order valence-corrected chi connectivity index (χ0v) is 19.0. The maximum absolute atomic E-state index is 13.9. The first-order valence-corrected chi connectivity index (χ1v) is 10.7. The molecule has 2 aromatic carbocycles. The lowest BCUT2D eigenvalue weighted by Gasteiger charge is -2.25. The van der Waals surface area contributed by atoms with Crippen LogP contribution in [0.25, 0.3) is 0 Å². The zero-order chi connectivity index (χ0) is 25.3. The van der Waals surface area contributed by atoms with Gasteiger partial charge in [-0.25, -0.2) is 4.99 Å². The fourth-order valence-corrected chi connectivity index (χ4v) is 3.44. The predicted molar refractivity (Wildman–Crippen MR) is 117 cm³/mol. The summed E-state index contributed by atoms with van der Waals surface area (Å²) < 4.78 is 81.0. The third kappa shape index (κ3) is 6.09. The van der Waals surface area contributed by atoms with Crippen molar-refractivity contribution >= 4 is 17.9 Å². The van der Waals surface area contributed by atoms with Crippen molar-refractivity contribution < 1.29 is 31.1 Å². The predicted octanol–water partition coefficient (Wildman–Crippen LogP) is 6.45. The van der Waals surface area contributed by atoms with Gasteiger partial charge in [-0.15, -0.1) is 0 Å². The molecule has 0 heterocycles. The van der Waals surface area contributed by atoms with Crippen molar-refractivity contribution in [2.24, 2.45) is 4.99 Å². The van der Waals surface area contributed by atoms with Crippen molar-refractivity contribution in [1.82, 2.24) is 9.80 Å². The van der Waals surface area contributed by atoms with Gasteiger partial charge in [-0.2, -0.15) is 26.3 Å². The van der Waals surface area contributed by atoms with Crippen molar-refractivity contribution in [3.8, 4) is 0 Å². The molecule has 1 saturated carbocycles. The minimum Gasteiger partial charge on any atom is -0.366 e. The molecule has 4 nitrogen and oxygen atoms in total. The quantitative estimate of drug-likeness (QED) is 0.257. The minimum absolute atomic E-state index is 0.0834. The summed E-state index contributed by atoms with van der Waals surface area (Å²) in [5, 5.41) is 0. The second kappa shape index (κ2) is 9.68. The topological polar surface area (TPSA) is 35.9 Å². The van der Waals surface area contributed by atoms with Crippen molar-refractivity contribution in [2.45, 2.75) is 51.6 Å². The van der Waals surface area contributed by atoms with Crippen LogP contribution in [0.1, 0.15) is 52.4 Å². The smallest absolute Gasteiger partial charge is 0.366 e. The lowest BCUT2D eigenvalue weighted by atomic mass is 10.00. The molecule has 0 unspecified atom stereocenters. The summed E-state index contributed by atoms with van der Waals surface area (Å²) in [6.07, 6.45) is -6.81. The van der Waals surface area contributed by atoms with E-state index >= 15 is 0 Å². The maximum Gasteiger partial charge on any atom is 0.417 e. The molecule has 2 aromatic rings. The molecule has 1 aliphatic carbocycles. The normalized spacial score (nSPS) is 14.5. The Morgan fingerprint density at radius 2 is 1.76 bits per heavy atom. The summed E-state index contributed by atoms with van der Waals surface area (Å²) in [6.45, 7) is 3.81. The first kappa shape index (κ1) is 25.6. The Morgan fingerprint density at radius 3 is 2.32 bits per heavy atom. The SMILES string of the molecule is CCN(C)C=Nc1cc(C(F)(F)F)c(C(=O)N(Cc2cccc(C(F)(F)F)c2)C2CC2)cc1C. The van der Waals surface area contributed by atoms with Crippen LogP contribution in [0.3, 0.4) is 0 Å². The summed E-state index contributed by atoms with van der Waals surface area (Å²) in [5.74, 6) is -0.864. The molecule has 0 spiro atoms. The number of hydrogen-bond acceptors (Lipinski definition) is 2. The van der Waals surface area contributed by atoms with Crippen LogP contribution in [0.2, 0.25) is 0 Å². The van der Waals surface area contributed by atoms with Gasteiger partial charge in [-0.1, -0.05) is 12.1 Å². The Bertz CT molecular complexity index is 1070. The van der Waals surface area contributed by atoms with Gasteiger partial charge in [-0.3, -0.25) is 4.79 Å². The molecule has 1 fully saturated rings. The van der Waals surface area contributed by atoms with Crippen LogP contribution >= 0.6 is 0 Å². The number of benzene rings is 2. The van der Waals surface area contributed by atoms with E-state index in [-0.39, 0.29) is 23.8 Å². The molecule has 3 rings (SSSR count). The molecule has 0 radical (unpaired) electrons. The minimum atomic E-state index is -4.81. The third-order valence-electron chi connectivity index (χ3n) is 5.62. The van der Waals surface area contributed by atoms with Crippen LogP contribution in [-0.2, 0) is 18.9 Å². The number of amides is 1. The van der Waals surface area contributed by atoms with E-state index < -0.39 is 35.0 Å². The number of halogens is 6. The van der Waals surface area contributed by atoms with E-state index in [2.05, 4.69) is 4.99 Å². The number of hydrogen-bond donors (Lipinski definition) is 0. The molecule has 1 amide bonds. The fraction of sp³-hybridized carbons (Fsp3) is 0.417. The van der Waals surface area contributed by atoms with Gasteiger partial charge in [0.2, 0.25) is 0 Å². The summed E-state index contributed by atoms with van der Waals surface area (Å²) in [7, 11) is 1.72. The Morgan fingerprint density at radius 1 is 1.09 bits per heavy atom. The average Bonchev–Trinajstić information content (AvgIpc) is 3.59. The average molecular weight is 485 g/mol. The number of aryl methyl sites for hydroxylation is 1. The first-order valence-electron chi connectivity index (χ1n) is 10.7. The van der Waals surface area contributed by atoms with Crippen LogP contribution in [-0.4, -0.2) is 41.7 Å². The van der Waals surface area contributed by atoms with Gasteiger partial charge >= 0.3 is 12.4 Å². The molecule has 0 atom stereocenters. The van der Waals surface area contributed by atoms with E-state index in [4.69, 9.17) is 0 Å². The molecule has 34 heavy (non-hydrogen) atoms. The molecular formula is C24H25F6N3O. The summed E-state index contributed by atoms with van der Waals surface area (Å²) in [4.78, 5) is 20.3. The molecular weight excluding hydrogens is 460 g/mol. The Kier molecular flexibility index (Phi) is 7.28. The van der Waals surface area contributed by atoms with Gasteiger partial charge in [0.05, 0.1) is 28.7 Å². The molecule has 10 heteroatoms. The van der Waals surface area contributed by atoms with E-state index in [1.807, 2.05) is 6.92 Å². The fourth-order valence-electron chi connectivity index (χ4n) is 3.44. The third-order valence-corrected chi connectivity index (χ3v) is 5.62. The van der Waals surface area contributed by atoms with E-state index in [0.29, 0.717) is 24.9 Å². The highest BCUT2D eigenvalue weighted by Gasteiger charge is 2.40. The Labute approximate surface area is 193 Å². The van der Waals surface area contributed by atoms with Crippen molar-refractivity contribution in [3.05, 3.63) is 64.2 Å². The molecule has 0 bridgehead atoms. The van der Waals surface area contributed by atoms with Gasteiger partial charge in [-0.05, 0) is 62.1 Å². The van der Waals surface area contributed by atoms with Crippen molar-refractivity contribution in [1.29, 1.82) is 0 Å². The van der Waals surface area contributed by atoms with E-state index in [9.17, 15) is 31.1 Å². The van der Waals surface area contributed by atoms with E-state index in [1.165, 1.54) is 23.4 Å². The number of aliphatic imine (C=N–C) groups is 1. The highest BCUT2D eigenvalue weighted by Crippen LogP contribution is 2.39. The number of rotatable bonds is 7. The summed E-state index contributed by atoms with van der Waals surface area (Å²) >= 11 is 0. The first-order chi connectivity index (χ1) is 15.8. The molecule has 0 aliphatic heterocycles. The molecule has 0 saturated heterocycles. The van der Waals surface area contributed by atoms with Gasteiger partial charge < -0.3 is 9.80 Å². The lowest BCUT2D eigenvalue weighted by Crippen LogP contribution is -2.34. The number of carbonyl (C=O) groups excluding carboxylic acids is 1. The molecule has 0 aromatic heterocycles. The van der Waals surface area contributed by atoms with Gasteiger partial charge in [0, 0.05) is 26.2 Å². The van der Waals surface area contributed by atoms with Crippen LogP contribution in [0.5, 0.6) is 0 Å². The summed E-state index contributed by atoms with van der Waals surface area (Å²) in [6, 6.07) is 6.16. The Balaban J connectivity index is 1.99. The summed E-state index contributed by atoms with van der Waals surface area (Å²) in [5.41, 5.74) is -1.87. The van der Waals surface area contributed by atoms with Gasteiger partial charge in [0.15, 0.2) is 0 Å². The molecule has 1 aliphatic rings. The second-order valence-electron chi connectivity index (χ2n) is 8.36. The number of carbonyl (C=O) groups is 1. The van der Waals surface area contributed by atoms with E-state index in [1.54, 1.807) is 18.9 Å². The molecule has 0 N–H and O–H groups in total. The maximum atomic E-state index is 13.9. The Hall–Kier alpha value is -3.04. The monoisotopic (exact) mass is 485 g/mol.